The van der Waals surface area contributed by atoms with Gasteiger partial charge in [0.1, 0.15) is 10.8 Å². The second kappa shape index (κ2) is 9.02. The molecule has 0 aliphatic heterocycles. The number of halogens is 2. The van der Waals surface area contributed by atoms with E-state index in [1.54, 1.807) is 23.1 Å². The number of amides is 1. The Balaban J connectivity index is 1.37. The fourth-order valence-electron chi connectivity index (χ4n) is 2.72. The summed E-state index contributed by atoms with van der Waals surface area (Å²) in [6.07, 6.45) is 3.32. The van der Waals surface area contributed by atoms with Gasteiger partial charge in [0.05, 0.1) is 6.54 Å². The van der Waals surface area contributed by atoms with Gasteiger partial charge in [0, 0.05) is 17.4 Å². The summed E-state index contributed by atoms with van der Waals surface area (Å²) in [6.45, 7) is 0.686. The highest BCUT2D eigenvalue weighted by Crippen LogP contribution is 2.21. The van der Waals surface area contributed by atoms with Gasteiger partial charge in [-0.3, -0.25) is 9.48 Å². The van der Waals surface area contributed by atoms with Crippen molar-refractivity contribution in [3.63, 3.8) is 0 Å². The van der Waals surface area contributed by atoms with Crippen molar-refractivity contribution in [2.75, 3.05) is 5.32 Å². The largest absolute Gasteiger partial charge is 0.471 e. The lowest BCUT2D eigenvalue weighted by Crippen LogP contribution is -2.15. The van der Waals surface area contributed by atoms with Crippen LogP contribution in [0.3, 0.4) is 0 Å². The van der Waals surface area contributed by atoms with E-state index in [4.69, 9.17) is 27.9 Å². The van der Waals surface area contributed by atoms with Crippen LogP contribution in [0.15, 0.2) is 73.1 Å². The number of anilines is 1. The van der Waals surface area contributed by atoms with Crippen LogP contribution in [0.5, 0.6) is 5.75 Å². The molecule has 2 aromatic heterocycles. The molecule has 0 radical (unpaired) electrons. The molecular formula is C21H17Cl2N5O2. The first kappa shape index (κ1) is 20.0. The van der Waals surface area contributed by atoms with E-state index in [1.165, 1.54) is 4.68 Å². The molecule has 0 spiro atoms. The Kier molecular flexibility index (Phi) is 6.02. The van der Waals surface area contributed by atoms with Gasteiger partial charge >= 0.3 is 0 Å². The predicted octanol–water partition coefficient (Wildman–Crippen LogP) is 4.72. The molecule has 0 unspecified atom stereocenters. The van der Waals surface area contributed by atoms with Crippen LogP contribution in [0.2, 0.25) is 10.0 Å². The third-order valence-corrected chi connectivity index (χ3v) is 4.72. The number of hydrogen-bond donors (Lipinski definition) is 1. The van der Waals surface area contributed by atoms with Crippen LogP contribution in [0.25, 0.3) is 0 Å². The number of carbonyl (C=O) groups excluding carboxylic acids is 1. The highest BCUT2D eigenvalue weighted by Gasteiger charge is 2.15. The van der Waals surface area contributed by atoms with E-state index in [9.17, 15) is 4.79 Å². The van der Waals surface area contributed by atoms with Crippen LogP contribution in [0.1, 0.15) is 16.1 Å². The third-order valence-electron chi connectivity index (χ3n) is 4.19. The average Bonchev–Trinajstić information content (AvgIpc) is 3.36. The van der Waals surface area contributed by atoms with Gasteiger partial charge in [-0.05, 0) is 35.9 Å². The van der Waals surface area contributed by atoms with E-state index in [0.717, 1.165) is 11.3 Å². The number of nitrogens with one attached hydrogen (secondary N) is 1. The Morgan fingerprint density at radius 3 is 2.50 bits per heavy atom. The monoisotopic (exact) mass is 441 g/mol. The molecule has 0 saturated heterocycles. The number of benzene rings is 2. The summed E-state index contributed by atoms with van der Waals surface area (Å²) in [5.74, 6) is 0.579. The molecule has 0 saturated carbocycles. The first-order chi connectivity index (χ1) is 14.6. The highest BCUT2D eigenvalue weighted by atomic mass is 35.5. The number of aromatic nitrogens is 4. The maximum atomic E-state index is 12.5. The Labute approximate surface area is 182 Å². The van der Waals surface area contributed by atoms with Crippen LogP contribution in [0.4, 0.5) is 5.82 Å². The Bertz CT molecular complexity index is 1140. The Hall–Kier alpha value is -3.29. The van der Waals surface area contributed by atoms with Crippen molar-refractivity contribution in [1.29, 1.82) is 0 Å². The molecule has 1 amide bonds. The van der Waals surface area contributed by atoms with Crippen molar-refractivity contribution in [1.82, 2.24) is 19.6 Å². The molecule has 152 valence electrons. The second-order valence-corrected chi connectivity index (χ2v) is 7.27. The SMILES string of the molecule is O=C(Nc1nn(Cc2ccc(Cl)cc2)cc1Cl)c1ccn(COc2ccccc2)n1. The van der Waals surface area contributed by atoms with Crippen molar-refractivity contribution < 1.29 is 9.53 Å². The van der Waals surface area contributed by atoms with Gasteiger partial charge in [-0.15, -0.1) is 0 Å². The van der Waals surface area contributed by atoms with Gasteiger partial charge in [0.2, 0.25) is 0 Å². The van der Waals surface area contributed by atoms with Crippen LogP contribution >= 0.6 is 23.2 Å². The summed E-state index contributed by atoms with van der Waals surface area (Å²) in [5.41, 5.74) is 1.24. The fourth-order valence-corrected chi connectivity index (χ4v) is 3.05. The van der Waals surface area contributed by atoms with Crippen LogP contribution < -0.4 is 10.1 Å². The van der Waals surface area contributed by atoms with Gasteiger partial charge in [0.25, 0.3) is 5.91 Å². The summed E-state index contributed by atoms with van der Waals surface area (Å²) in [4.78, 5) is 12.5. The number of rotatable bonds is 7. The van der Waals surface area contributed by atoms with E-state index >= 15 is 0 Å². The van der Waals surface area contributed by atoms with Crippen molar-refractivity contribution in [2.45, 2.75) is 13.3 Å². The highest BCUT2D eigenvalue weighted by molar-refractivity contribution is 6.33. The van der Waals surface area contributed by atoms with E-state index in [2.05, 4.69) is 15.5 Å². The molecule has 0 fully saturated rings. The molecule has 7 nitrogen and oxygen atoms in total. The molecule has 9 heteroatoms. The predicted molar refractivity (Wildman–Crippen MR) is 115 cm³/mol. The van der Waals surface area contributed by atoms with Gasteiger partial charge in [-0.25, -0.2) is 4.68 Å². The van der Waals surface area contributed by atoms with E-state index in [1.807, 2.05) is 54.6 Å². The van der Waals surface area contributed by atoms with Crippen LogP contribution in [-0.2, 0) is 13.3 Å². The standard InChI is InChI=1S/C21H17Cl2N5O2/c22-16-8-6-15(7-9-16)12-28-13-18(23)20(26-28)24-21(29)19-10-11-27(25-19)14-30-17-4-2-1-3-5-17/h1-11,13H,12,14H2,(H,24,26,29). The summed E-state index contributed by atoms with van der Waals surface area (Å²) in [7, 11) is 0. The van der Waals surface area contributed by atoms with Crippen molar-refractivity contribution in [3.05, 3.63) is 94.4 Å². The molecular weight excluding hydrogens is 425 g/mol. The average molecular weight is 442 g/mol. The lowest BCUT2D eigenvalue weighted by Gasteiger charge is -2.05. The molecule has 30 heavy (non-hydrogen) atoms. The van der Waals surface area contributed by atoms with Crippen molar-refractivity contribution in [2.24, 2.45) is 0 Å². The number of para-hydroxylation sites is 1. The van der Waals surface area contributed by atoms with E-state index in [-0.39, 0.29) is 18.2 Å². The van der Waals surface area contributed by atoms with Gasteiger partial charge in [0.15, 0.2) is 18.2 Å². The van der Waals surface area contributed by atoms with Crippen molar-refractivity contribution in [3.8, 4) is 5.75 Å². The topological polar surface area (TPSA) is 74.0 Å². The second-order valence-electron chi connectivity index (χ2n) is 6.43. The minimum atomic E-state index is -0.410. The number of nitrogens with zero attached hydrogens (tertiary/aromatic N) is 4. The number of hydrogen-bond acceptors (Lipinski definition) is 4. The molecule has 4 rings (SSSR count). The van der Waals surface area contributed by atoms with Crippen LogP contribution in [-0.4, -0.2) is 25.5 Å². The lowest BCUT2D eigenvalue weighted by atomic mass is 10.2. The molecule has 1 N–H and O–H groups in total. The maximum Gasteiger partial charge on any atom is 0.277 e. The fraction of sp³-hybridized carbons (Fsp3) is 0.0952. The minimum absolute atomic E-state index is 0.188. The minimum Gasteiger partial charge on any atom is -0.471 e. The summed E-state index contributed by atoms with van der Waals surface area (Å²) in [6, 6.07) is 18.4. The summed E-state index contributed by atoms with van der Waals surface area (Å²) in [5, 5.41) is 12.3. The first-order valence-corrected chi connectivity index (χ1v) is 9.82. The third kappa shape index (κ3) is 5.00. The smallest absolute Gasteiger partial charge is 0.277 e. The zero-order valence-electron chi connectivity index (χ0n) is 15.7. The van der Waals surface area contributed by atoms with Gasteiger partial charge < -0.3 is 10.1 Å². The first-order valence-electron chi connectivity index (χ1n) is 9.07. The zero-order chi connectivity index (χ0) is 20.9. The Morgan fingerprint density at radius 1 is 0.967 bits per heavy atom. The normalized spacial score (nSPS) is 10.7. The van der Waals surface area contributed by atoms with Gasteiger partial charge in [-0.2, -0.15) is 10.2 Å². The molecule has 2 aromatic carbocycles. The zero-order valence-corrected chi connectivity index (χ0v) is 17.2. The molecule has 0 bridgehead atoms. The molecule has 0 aliphatic rings. The summed E-state index contributed by atoms with van der Waals surface area (Å²) >= 11 is 12.1. The number of ether oxygens (including phenoxy) is 1. The number of carbonyl (C=O) groups is 1. The van der Waals surface area contributed by atoms with Crippen LogP contribution in [0, 0.1) is 0 Å². The molecule has 0 aliphatic carbocycles. The lowest BCUT2D eigenvalue weighted by molar-refractivity contribution is 0.101. The molecule has 0 atom stereocenters. The quantitative estimate of drug-likeness (QED) is 0.450. The van der Waals surface area contributed by atoms with Gasteiger partial charge in [-0.1, -0.05) is 53.5 Å². The van der Waals surface area contributed by atoms with E-state index < -0.39 is 5.91 Å². The summed E-state index contributed by atoms with van der Waals surface area (Å²) < 4.78 is 8.79. The molecule has 2 heterocycles. The van der Waals surface area contributed by atoms with Crippen molar-refractivity contribution >= 4 is 34.9 Å². The van der Waals surface area contributed by atoms with E-state index in [0.29, 0.717) is 16.6 Å². The maximum absolute atomic E-state index is 12.5. The Morgan fingerprint density at radius 2 is 1.73 bits per heavy atom. The molecule has 4 aromatic rings.